The maximum atomic E-state index is 13.1. The minimum atomic E-state index is -4.44. The van der Waals surface area contributed by atoms with Gasteiger partial charge in [-0.25, -0.2) is 4.99 Å². The van der Waals surface area contributed by atoms with Gasteiger partial charge in [-0.05, 0) is 79.4 Å². The molecule has 0 spiro atoms. The Labute approximate surface area is 186 Å². The van der Waals surface area contributed by atoms with Crippen molar-refractivity contribution in [3.05, 3.63) is 83.0 Å². The number of aliphatic imine (C=N–C) groups is 1. The lowest BCUT2D eigenvalue weighted by molar-refractivity contribution is -0.137. The van der Waals surface area contributed by atoms with Crippen LogP contribution in [0.4, 0.5) is 18.9 Å². The van der Waals surface area contributed by atoms with Crippen LogP contribution < -0.4 is 10.1 Å². The highest BCUT2D eigenvalue weighted by Gasteiger charge is 2.30. The number of halogens is 3. The molecule has 0 unspecified atom stereocenters. The largest absolute Gasteiger partial charge is 0.494 e. The van der Waals surface area contributed by atoms with Crippen molar-refractivity contribution in [2.75, 3.05) is 6.61 Å². The molecule has 2 heterocycles. The highest BCUT2D eigenvalue weighted by atomic mass is 32.2. The van der Waals surface area contributed by atoms with Crippen molar-refractivity contribution < 1.29 is 22.7 Å². The van der Waals surface area contributed by atoms with Gasteiger partial charge in [0.25, 0.3) is 5.91 Å². The molecule has 0 aliphatic carbocycles. The maximum absolute atomic E-state index is 13.1. The Morgan fingerprint density at radius 3 is 2.62 bits per heavy atom. The van der Waals surface area contributed by atoms with E-state index >= 15 is 0 Å². The lowest BCUT2D eigenvalue weighted by Crippen LogP contribution is -2.19. The van der Waals surface area contributed by atoms with Crippen LogP contribution in [0.5, 0.6) is 5.75 Å². The van der Waals surface area contributed by atoms with Gasteiger partial charge in [0, 0.05) is 17.6 Å². The predicted molar refractivity (Wildman–Crippen MR) is 119 cm³/mol. The highest BCUT2D eigenvalue weighted by Crippen LogP contribution is 2.32. The van der Waals surface area contributed by atoms with Gasteiger partial charge in [0.05, 0.1) is 22.8 Å². The number of hydrogen-bond donors (Lipinski definition) is 1. The number of ether oxygens (including phenoxy) is 1. The van der Waals surface area contributed by atoms with Crippen molar-refractivity contribution in [1.82, 2.24) is 9.88 Å². The first-order chi connectivity index (χ1) is 15.3. The predicted octanol–water partition coefficient (Wildman–Crippen LogP) is 5.79. The summed E-state index contributed by atoms with van der Waals surface area (Å²) in [6, 6.07) is 15.6. The Bertz CT molecular complexity index is 1200. The van der Waals surface area contributed by atoms with E-state index in [4.69, 9.17) is 4.74 Å². The SMILES string of the molecule is CCOc1ccc(N=C2NC(=O)/C(=C\c3cccn3-c3cccc(C(F)(F)F)c3)S2)cc1. The fourth-order valence-electron chi connectivity index (χ4n) is 3.09. The van der Waals surface area contributed by atoms with Gasteiger partial charge in [-0.1, -0.05) is 6.07 Å². The molecular weight excluding hydrogens is 439 g/mol. The van der Waals surface area contributed by atoms with Crippen LogP contribution in [-0.4, -0.2) is 22.2 Å². The summed E-state index contributed by atoms with van der Waals surface area (Å²) >= 11 is 1.16. The molecule has 0 radical (unpaired) electrons. The first-order valence-electron chi connectivity index (χ1n) is 9.71. The van der Waals surface area contributed by atoms with E-state index in [0.717, 1.165) is 29.6 Å². The van der Waals surface area contributed by atoms with Gasteiger partial charge < -0.3 is 14.6 Å². The molecule has 2 aromatic carbocycles. The second kappa shape index (κ2) is 8.96. The summed E-state index contributed by atoms with van der Waals surface area (Å²) < 4.78 is 46.2. The highest BCUT2D eigenvalue weighted by molar-refractivity contribution is 8.18. The zero-order valence-electron chi connectivity index (χ0n) is 16.9. The number of amidine groups is 1. The molecular formula is C23H18F3N3O2S. The Morgan fingerprint density at radius 2 is 1.91 bits per heavy atom. The quantitative estimate of drug-likeness (QED) is 0.494. The number of nitrogens with zero attached hydrogens (tertiary/aromatic N) is 2. The van der Waals surface area contributed by atoms with Crippen molar-refractivity contribution in [3.8, 4) is 11.4 Å². The molecule has 9 heteroatoms. The Kier molecular flexibility index (Phi) is 6.09. The van der Waals surface area contributed by atoms with Gasteiger partial charge in [0.2, 0.25) is 0 Å². The molecule has 0 bridgehead atoms. The molecule has 1 N–H and O–H groups in total. The molecule has 1 saturated heterocycles. The lowest BCUT2D eigenvalue weighted by Gasteiger charge is -2.11. The van der Waals surface area contributed by atoms with Gasteiger partial charge >= 0.3 is 6.18 Å². The number of alkyl halides is 3. The van der Waals surface area contributed by atoms with E-state index < -0.39 is 11.7 Å². The second-order valence-electron chi connectivity index (χ2n) is 6.76. The first kappa shape index (κ1) is 21.8. The molecule has 164 valence electrons. The summed E-state index contributed by atoms with van der Waals surface area (Å²) in [5, 5.41) is 3.13. The third-order valence-electron chi connectivity index (χ3n) is 4.54. The van der Waals surface area contributed by atoms with Crippen molar-refractivity contribution in [2.24, 2.45) is 4.99 Å². The molecule has 1 aromatic heterocycles. The van der Waals surface area contributed by atoms with Crippen LogP contribution in [0.1, 0.15) is 18.2 Å². The molecule has 32 heavy (non-hydrogen) atoms. The molecule has 1 aliphatic rings. The average Bonchev–Trinajstić information content (AvgIpc) is 3.36. The lowest BCUT2D eigenvalue weighted by atomic mass is 10.2. The molecule has 3 aromatic rings. The number of nitrogens with one attached hydrogen (secondary N) is 1. The molecule has 0 saturated carbocycles. The van der Waals surface area contributed by atoms with Crippen LogP contribution in [0.3, 0.4) is 0 Å². The summed E-state index contributed by atoms with van der Waals surface area (Å²) in [6.07, 6.45) is -1.16. The zero-order valence-corrected chi connectivity index (χ0v) is 17.7. The summed E-state index contributed by atoms with van der Waals surface area (Å²) in [6.45, 7) is 2.46. The monoisotopic (exact) mass is 457 g/mol. The Morgan fingerprint density at radius 1 is 1.12 bits per heavy atom. The fraction of sp³-hybridized carbons (Fsp3) is 0.130. The standard InChI is InChI=1S/C23H18F3N3O2S/c1-2-31-19-10-8-16(9-11-19)27-22-28-21(30)20(32-22)14-18-7-4-12-29(18)17-6-3-5-15(13-17)23(24,25)26/h3-14H,2H2,1H3,(H,27,28,30)/b20-14+. The van der Waals surface area contributed by atoms with E-state index in [1.165, 1.54) is 6.07 Å². The zero-order chi connectivity index (χ0) is 22.7. The third-order valence-corrected chi connectivity index (χ3v) is 5.45. The number of carbonyl (C=O) groups is 1. The van der Waals surface area contributed by atoms with Gasteiger partial charge in [0.1, 0.15) is 5.75 Å². The van der Waals surface area contributed by atoms with Crippen molar-refractivity contribution in [2.45, 2.75) is 13.1 Å². The maximum Gasteiger partial charge on any atom is 0.416 e. The van der Waals surface area contributed by atoms with Crippen LogP contribution >= 0.6 is 11.8 Å². The summed E-state index contributed by atoms with van der Waals surface area (Å²) in [7, 11) is 0. The number of benzene rings is 2. The van der Waals surface area contributed by atoms with Gasteiger partial charge in [-0.2, -0.15) is 13.2 Å². The van der Waals surface area contributed by atoms with E-state index in [1.54, 1.807) is 59.3 Å². The van der Waals surface area contributed by atoms with Crippen molar-refractivity contribution in [1.29, 1.82) is 0 Å². The Hall–Kier alpha value is -3.46. The third kappa shape index (κ3) is 4.88. The van der Waals surface area contributed by atoms with E-state index in [1.807, 2.05) is 6.92 Å². The topological polar surface area (TPSA) is 55.6 Å². The fourth-order valence-corrected chi connectivity index (χ4v) is 3.92. The summed E-state index contributed by atoms with van der Waals surface area (Å²) in [5.74, 6) is 0.409. The second-order valence-corrected chi connectivity index (χ2v) is 7.79. The summed E-state index contributed by atoms with van der Waals surface area (Å²) in [4.78, 5) is 17.2. The van der Waals surface area contributed by atoms with Crippen LogP contribution in [0.2, 0.25) is 0 Å². The average molecular weight is 457 g/mol. The van der Waals surface area contributed by atoms with E-state index in [0.29, 0.717) is 33.7 Å². The van der Waals surface area contributed by atoms with Gasteiger partial charge in [0.15, 0.2) is 5.17 Å². The number of aromatic nitrogens is 1. The summed E-state index contributed by atoms with van der Waals surface area (Å²) in [5.41, 5.74) is 0.845. The molecule has 0 atom stereocenters. The number of amides is 1. The normalized spacial score (nSPS) is 16.6. The van der Waals surface area contributed by atoms with Crippen LogP contribution in [-0.2, 0) is 11.0 Å². The smallest absolute Gasteiger partial charge is 0.416 e. The molecule has 1 amide bonds. The number of rotatable bonds is 5. The molecule has 4 rings (SSSR count). The van der Waals surface area contributed by atoms with Gasteiger partial charge in [-0.15, -0.1) is 0 Å². The minimum Gasteiger partial charge on any atom is -0.494 e. The van der Waals surface area contributed by atoms with Crippen LogP contribution in [0.25, 0.3) is 11.8 Å². The molecule has 1 fully saturated rings. The number of hydrogen-bond acceptors (Lipinski definition) is 4. The van der Waals surface area contributed by atoms with E-state index in [-0.39, 0.29) is 5.91 Å². The molecule has 1 aliphatic heterocycles. The minimum absolute atomic E-state index is 0.323. The molecule has 5 nitrogen and oxygen atoms in total. The van der Waals surface area contributed by atoms with E-state index in [2.05, 4.69) is 10.3 Å². The number of thioether (sulfide) groups is 1. The Balaban J connectivity index is 1.57. The van der Waals surface area contributed by atoms with Crippen molar-refractivity contribution >= 4 is 34.6 Å². The van der Waals surface area contributed by atoms with Crippen LogP contribution in [0, 0.1) is 0 Å². The number of carbonyl (C=O) groups excluding carboxylic acids is 1. The first-order valence-corrected chi connectivity index (χ1v) is 10.5. The van der Waals surface area contributed by atoms with Crippen molar-refractivity contribution in [3.63, 3.8) is 0 Å². The van der Waals surface area contributed by atoms with Gasteiger partial charge in [-0.3, -0.25) is 4.79 Å². The van der Waals surface area contributed by atoms with Crippen LogP contribution in [0.15, 0.2) is 76.8 Å². The van der Waals surface area contributed by atoms with E-state index in [9.17, 15) is 18.0 Å².